The summed E-state index contributed by atoms with van der Waals surface area (Å²) in [7, 11) is -0.676. The highest BCUT2D eigenvalue weighted by Gasteiger charge is 2.37. The number of hydrogen-bond donors (Lipinski definition) is 0. The van der Waals surface area contributed by atoms with Crippen LogP contribution in [0.5, 0.6) is 0 Å². The molecule has 0 aromatic carbocycles. The number of rotatable bonds is 12. The maximum atomic E-state index is 6.37. The van der Waals surface area contributed by atoms with Crippen LogP contribution in [0, 0.1) is 0 Å². The summed E-state index contributed by atoms with van der Waals surface area (Å²) in [5.74, 6) is 2.11. The Balaban J connectivity index is 4.07. The molecule has 0 saturated heterocycles. The third-order valence-electron chi connectivity index (χ3n) is 3.36. The molecule has 21 heavy (non-hydrogen) atoms. The average Bonchev–Trinajstić information content (AvgIpc) is 2.42. The van der Waals surface area contributed by atoms with Gasteiger partial charge in [0.25, 0.3) is 0 Å². The summed E-state index contributed by atoms with van der Waals surface area (Å²) >= 11 is 1.93. The van der Waals surface area contributed by atoms with E-state index in [1.165, 1.54) is 0 Å². The molecule has 0 rings (SSSR count). The van der Waals surface area contributed by atoms with Crippen LogP contribution in [0.25, 0.3) is 0 Å². The standard InChI is InChI=1S/C13H32O4SSi3/c1-9-19(5,6)17-20(7,8)12-10-18-11-13-21(14-2,15-3)16-4/h9H,1,10-13H2,2-8H3. The largest absolute Gasteiger partial charge is 0.500 e. The van der Waals surface area contributed by atoms with E-state index in [1.54, 1.807) is 21.3 Å². The molecular formula is C13H32O4SSi3. The lowest BCUT2D eigenvalue weighted by atomic mass is 10.9. The highest BCUT2D eigenvalue weighted by atomic mass is 32.2. The molecule has 0 aliphatic heterocycles. The van der Waals surface area contributed by atoms with E-state index in [0.29, 0.717) is 0 Å². The lowest BCUT2D eigenvalue weighted by molar-refractivity contribution is 0.125. The maximum absolute atomic E-state index is 6.37. The zero-order valence-electron chi connectivity index (χ0n) is 14.7. The molecule has 0 bridgehead atoms. The Morgan fingerprint density at radius 3 is 1.81 bits per heavy atom. The molecule has 0 aliphatic rings. The number of thioether (sulfide) groups is 1. The van der Waals surface area contributed by atoms with Crippen molar-refractivity contribution in [3.05, 3.63) is 12.3 Å². The minimum atomic E-state index is -2.40. The smallest absolute Gasteiger partial charge is 0.453 e. The Bertz CT molecular complexity index is 302. The van der Waals surface area contributed by atoms with E-state index >= 15 is 0 Å². The summed E-state index contributed by atoms with van der Waals surface area (Å²) in [6, 6.07) is 2.00. The van der Waals surface area contributed by atoms with Crippen molar-refractivity contribution in [1.82, 2.24) is 0 Å². The van der Waals surface area contributed by atoms with Gasteiger partial charge in [0.15, 0.2) is 16.6 Å². The van der Waals surface area contributed by atoms with Crippen LogP contribution >= 0.6 is 11.8 Å². The van der Waals surface area contributed by atoms with Crippen LogP contribution in [0.4, 0.5) is 0 Å². The summed E-state index contributed by atoms with van der Waals surface area (Å²) < 4.78 is 22.6. The van der Waals surface area contributed by atoms with Crippen molar-refractivity contribution < 1.29 is 17.4 Å². The molecular weight excluding hydrogens is 336 g/mol. The molecule has 0 saturated carbocycles. The molecule has 0 aliphatic carbocycles. The highest BCUT2D eigenvalue weighted by Crippen LogP contribution is 2.23. The second-order valence-electron chi connectivity index (χ2n) is 6.08. The van der Waals surface area contributed by atoms with Crippen LogP contribution in [0.15, 0.2) is 12.3 Å². The normalized spacial score (nSPS) is 13.5. The van der Waals surface area contributed by atoms with Crippen LogP contribution in [-0.4, -0.2) is 58.3 Å². The van der Waals surface area contributed by atoms with E-state index in [0.717, 1.165) is 23.6 Å². The summed E-state index contributed by atoms with van der Waals surface area (Å²) in [5, 5.41) is 0. The van der Waals surface area contributed by atoms with Crippen molar-refractivity contribution in [2.24, 2.45) is 0 Å². The van der Waals surface area contributed by atoms with E-state index in [9.17, 15) is 0 Å². The third-order valence-corrected chi connectivity index (χ3v) is 14.6. The van der Waals surface area contributed by atoms with Crippen molar-refractivity contribution >= 4 is 37.2 Å². The first-order valence-electron chi connectivity index (χ1n) is 7.23. The van der Waals surface area contributed by atoms with Gasteiger partial charge in [0.1, 0.15) is 0 Å². The molecule has 0 aromatic heterocycles. The van der Waals surface area contributed by atoms with Gasteiger partial charge in [-0.05, 0) is 43.7 Å². The molecule has 0 amide bonds. The molecule has 0 aromatic rings. The van der Waals surface area contributed by atoms with Crippen LogP contribution in [0.3, 0.4) is 0 Å². The summed E-state index contributed by atoms with van der Waals surface area (Å²) in [4.78, 5) is 0. The van der Waals surface area contributed by atoms with E-state index in [-0.39, 0.29) is 0 Å². The van der Waals surface area contributed by atoms with E-state index in [4.69, 9.17) is 17.4 Å². The molecule has 4 nitrogen and oxygen atoms in total. The van der Waals surface area contributed by atoms with Gasteiger partial charge in [-0.2, -0.15) is 11.8 Å². The molecule has 126 valence electrons. The van der Waals surface area contributed by atoms with E-state index in [1.807, 2.05) is 17.5 Å². The Labute approximate surface area is 138 Å². The zero-order chi connectivity index (χ0) is 16.6. The van der Waals surface area contributed by atoms with Gasteiger partial charge in [0.2, 0.25) is 0 Å². The molecule has 0 atom stereocenters. The quantitative estimate of drug-likeness (QED) is 0.387. The van der Waals surface area contributed by atoms with Gasteiger partial charge >= 0.3 is 8.80 Å². The van der Waals surface area contributed by atoms with Gasteiger partial charge in [-0.1, -0.05) is 5.70 Å². The minimum Gasteiger partial charge on any atom is -0.453 e. The van der Waals surface area contributed by atoms with E-state index < -0.39 is 25.4 Å². The predicted molar refractivity (Wildman–Crippen MR) is 100.0 cm³/mol. The van der Waals surface area contributed by atoms with Crippen molar-refractivity contribution in [3.8, 4) is 0 Å². The van der Waals surface area contributed by atoms with Crippen LogP contribution in [0.1, 0.15) is 0 Å². The van der Waals surface area contributed by atoms with Crippen molar-refractivity contribution in [3.63, 3.8) is 0 Å². The Morgan fingerprint density at radius 2 is 1.38 bits per heavy atom. The van der Waals surface area contributed by atoms with Crippen molar-refractivity contribution in [2.45, 2.75) is 38.3 Å². The van der Waals surface area contributed by atoms with Gasteiger partial charge in [-0.3, -0.25) is 0 Å². The van der Waals surface area contributed by atoms with Crippen molar-refractivity contribution in [2.75, 3.05) is 32.8 Å². The first kappa shape index (κ1) is 21.6. The first-order chi connectivity index (χ1) is 9.66. The Morgan fingerprint density at radius 1 is 0.905 bits per heavy atom. The lowest BCUT2D eigenvalue weighted by Crippen LogP contribution is -2.44. The second-order valence-corrected chi connectivity index (χ2v) is 18.8. The average molecular weight is 369 g/mol. The monoisotopic (exact) mass is 368 g/mol. The minimum absolute atomic E-state index is 0.844. The Kier molecular flexibility index (Phi) is 9.93. The SMILES string of the molecule is C=C[Si](C)(C)O[Si](C)(C)CCSCC[Si](OC)(OC)OC. The van der Waals surface area contributed by atoms with Crippen LogP contribution in [0.2, 0.25) is 38.3 Å². The Hall–Kier alpha value is 0.581. The number of hydrogen-bond acceptors (Lipinski definition) is 5. The van der Waals surface area contributed by atoms with Gasteiger partial charge in [0.05, 0.1) is 0 Å². The molecule has 0 heterocycles. The molecule has 0 unspecified atom stereocenters. The molecule has 0 N–H and O–H groups in total. The summed E-state index contributed by atoms with van der Waals surface area (Å²) in [5.41, 5.74) is 2.02. The first-order valence-corrected chi connectivity index (χ1v) is 16.4. The third kappa shape index (κ3) is 8.70. The highest BCUT2D eigenvalue weighted by molar-refractivity contribution is 7.99. The fraction of sp³-hybridized carbons (Fsp3) is 0.846. The van der Waals surface area contributed by atoms with Gasteiger partial charge < -0.3 is 17.4 Å². The molecule has 8 heteroatoms. The molecule has 0 spiro atoms. The van der Waals surface area contributed by atoms with Crippen molar-refractivity contribution in [1.29, 1.82) is 0 Å². The molecule has 0 radical (unpaired) electrons. The van der Waals surface area contributed by atoms with E-state index in [2.05, 4.69) is 32.8 Å². The topological polar surface area (TPSA) is 36.9 Å². The fourth-order valence-corrected chi connectivity index (χ4v) is 13.9. The van der Waals surface area contributed by atoms with Crippen LogP contribution < -0.4 is 0 Å². The summed E-state index contributed by atoms with van der Waals surface area (Å²) in [6.07, 6.45) is 0. The van der Waals surface area contributed by atoms with Gasteiger partial charge in [0, 0.05) is 27.4 Å². The second kappa shape index (κ2) is 9.66. The fourth-order valence-electron chi connectivity index (χ4n) is 1.98. The predicted octanol–water partition coefficient (Wildman–Crippen LogP) is 3.75. The van der Waals surface area contributed by atoms with Crippen LogP contribution in [-0.2, 0) is 17.4 Å². The van der Waals surface area contributed by atoms with Gasteiger partial charge in [-0.25, -0.2) is 0 Å². The maximum Gasteiger partial charge on any atom is 0.500 e. The zero-order valence-corrected chi connectivity index (χ0v) is 18.5. The summed E-state index contributed by atoms with van der Waals surface area (Å²) in [6.45, 7) is 12.9. The molecule has 0 fully saturated rings. The van der Waals surface area contributed by atoms with Gasteiger partial charge in [-0.15, -0.1) is 6.58 Å². The lowest BCUT2D eigenvalue weighted by Gasteiger charge is -2.32.